The number of furan rings is 1. The SMILES string of the molecule is Cc1cc(CNCc2cc(N(C)C)c3c(c2O)C(O)=C2C(=O)[C@@]4(O)C(=O)C(C(N)=O)C(O)C(N(C)C)[C@H]4C[C@H]2C3)oc1C. The Hall–Kier alpha value is -3.71. The zero-order valence-electron chi connectivity index (χ0n) is 25.3. The summed E-state index contributed by atoms with van der Waals surface area (Å²) in [5.41, 5.74) is 5.49. The number of amides is 1. The van der Waals surface area contributed by atoms with E-state index in [0.29, 0.717) is 17.7 Å². The summed E-state index contributed by atoms with van der Waals surface area (Å²) in [6.07, 6.45) is -1.23. The lowest BCUT2D eigenvalue weighted by Crippen LogP contribution is -2.73. The van der Waals surface area contributed by atoms with Gasteiger partial charge in [-0.2, -0.15) is 0 Å². The number of hydrogen-bond acceptors (Lipinski definition) is 11. The van der Waals surface area contributed by atoms with Crippen LogP contribution >= 0.6 is 0 Å². The highest BCUT2D eigenvalue weighted by Gasteiger charge is 2.67. The van der Waals surface area contributed by atoms with E-state index < -0.39 is 58.7 Å². The minimum atomic E-state index is -2.69. The van der Waals surface area contributed by atoms with Crippen LogP contribution in [0.15, 0.2) is 22.1 Å². The van der Waals surface area contributed by atoms with Crippen LogP contribution in [0, 0.1) is 31.6 Å². The number of fused-ring (bicyclic) bond motifs is 3. The molecule has 232 valence electrons. The summed E-state index contributed by atoms with van der Waals surface area (Å²) in [6.45, 7) is 4.44. The Labute approximate surface area is 249 Å². The van der Waals surface area contributed by atoms with Crippen molar-refractivity contribution in [1.29, 1.82) is 0 Å². The van der Waals surface area contributed by atoms with Gasteiger partial charge in [0, 0.05) is 49.4 Å². The Kier molecular flexibility index (Phi) is 7.70. The molecule has 0 spiro atoms. The largest absolute Gasteiger partial charge is 0.507 e. The standard InChI is InChI=1S/C31H40N4O8/c1-13-7-17(43-14(13)2)12-33-11-16-10-20(34(3)4)18-8-15-9-19-24(35(5)6)27(38)23(30(32)41)29(40)31(19,42)28(39)21(15)26(37)22(18)25(16)36/h7,10,15,19,23-24,27,33,36-38,42H,8-9,11-12H2,1-6H3,(H2,32,41)/t15-,19-,23?,24?,27?,31-/m1/s1. The maximum atomic E-state index is 14.1. The molecule has 43 heavy (non-hydrogen) atoms. The zero-order valence-corrected chi connectivity index (χ0v) is 25.3. The van der Waals surface area contributed by atoms with E-state index in [9.17, 15) is 34.8 Å². The molecule has 2 aromatic rings. The predicted octanol–water partition coefficient (Wildman–Crippen LogP) is 0.695. The van der Waals surface area contributed by atoms with Gasteiger partial charge in [-0.1, -0.05) is 0 Å². The van der Waals surface area contributed by atoms with E-state index in [4.69, 9.17) is 10.2 Å². The summed E-state index contributed by atoms with van der Waals surface area (Å²) in [7, 11) is 6.91. The van der Waals surface area contributed by atoms with E-state index in [2.05, 4.69) is 5.32 Å². The number of Topliss-reactive ketones (excluding diaryl/α,β-unsaturated/α-hetero) is 2. The molecule has 0 aliphatic heterocycles. The Morgan fingerprint density at radius 3 is 2.37 bits per heavy atom. The highest BCUT2D eigenvalue weighted by Crippen LogP contribution is 2.53. The molecule has 3 aliphatic carbocycles. The highest BCUT2D eigenvalue weighted by atomic mass is 16.3. The summed E-state index contributed by atoms with van der Waals surface area (Å²) < 4.78 is 5.72. The van der Waals surface area contributed by atoms with E-state index >= 15 is 0 Å². The number of carbonyl (C=O) groups excluding carboxylic acids is 3. The van der Waals surface area contributed by atoms with Crippen molar-refractivity contribution in [3.8, 4) is 5.75 Å². The number of anilines is 1. The van der Waals surface area contributed by atoms with Gasteiger partial charge in [-0.05, 0) is 70.0 Å². The van der Waals surface area contributed by atoms with Gasteiger partial charge in [0.25, 0.3) is 0 Å². The fourth-order valence-corrected chi connectivity index (χ4v) is 7.30. The van der Waals surface area contributed by atoms with Crippen LogP contribution in [0.25, 0.3) is 5.76 Å². The normalized spacial score (nSPS) is 28.5. The molecule has 12 heteroatoms. The fraction of sp³-hybridized carbons (Fsp3) is 0.516. The maximum Gasteiger partial charge on any atom is 0.230 e. The lowest BCUT2D eigenvalue weighted by molar-refractivity contribution is -0.184. The van der Waals surface area contributed by atoms with Crippen molar-refractivity contribution in [3.63, 3.8) is 0 Å². The van der Waals surface area contributed by atoms with Crippen LogP contribution in [-0.4, -0.2) is 88.7 Å². The van der Waals surface area contributed by atoms with E-state index in [0.717, 1.165) is 22.8 Å². The molecule has 1 aromatic heterocycles. The first-order valence-electron chi connectivity index (χ1n) is 14.3. The van der Waals surface area contributed by atoms with Gasteiger partial charge in [0.15, 0.2) is 11.4 Å². The number of carbonyl (C=O) groups is 3. The number of benzene rings is 1. The van der Waals surface area contributed by atoms with E-state index in [1.165, 1.54) is 0 Å². The average Bonchev–Trinajstić information content (AvgIpc) is 3.23. The number of phenolic OH excluding ortho intramolecular Hbond substituents is 1. The number of nitrogens with zero attached hydrogens (tertiary/aromatic N) is 2. The topological polar surface area (TPSA) is 190 Å². The van der Waals surface area contributed by atoms with Crippen molar-refractivity contribution < 1.29 is 39.2 Å². The number of phenols is 1. The molecule has 0 bridgehead atoms. The minimum absolute atomic E-state index is 0.0632. The van der Waals surface area contributed by atoms with Gasteiger partial charge in [-0.25, -0.2) is 0 Å². The molecular weight excluding hydrogens is 556 g/mol. The third-order valence-corrected chi connectivity index (χ3v) is 9.46. The summed E-state index contributed by atoms with van der Waals surface area (Å²) in [5, 5.41) is 49.2. The van der Waals surface area contributed by atoms with Crippen molar-refractivity contribution in [2.75, 3.05) is 33.1 Å². The second-order valence-corrected chi connectivity index (χ2v) is 12.5. The number of aliphatic hydroxyl groups excluding tert-OH is 2. The second kappa shape index (κ2) is 10.8. The molecule has 3 unspecified atom stereocenters. The van der Waals surface area contributed by atoms with Crippen molar-refractivity contribution in [1.82, 2.24) is 10.2 Å². The van der Waals surface area contributed by atoms with Crippen LogP contribution in [0.5, 0.6) is 5.75 Å². The number of rotatable bonds is 7. The molecule has 7 N–H and O–H groups in total. The minimum Gasteiger partial charge on any atom is -0.507 e. The Morgan fingerprint density at radius 1 is 1.14 bits per heavy atom. The monoisotopic (exact) mass is 596 g/mol. The smallest absolute Gasteiger partial charge is 0.230 e. The molecule has 5 rings (SSSR count). The molecule has 2 saturated carbocycles. The predicted molar refractivity (Wildman–Crippen MR) is 157 cm³/mol. The fourth-order valence-electron chi connectivity index (χ4n) is 7.30. The summed E-state index contributed by atoms with van der Waals surface area (Å²) >= 11 is 0. The van der Waals surface area contributed by atoms with Crippen LogP contribution in [0.4, 0.5) is 5.69 Å². The molecule has 0 radical (unpaired) electrons. The van der Waals surface area contributed by atoms with Gasteiger partial charge >= 0.3 is 0 Å². The number of aliphatic hydroxyl groups is 3. The number of likely N-dealkylation sites (N-methyl/N-ethyl adjacent to an activating group) is 1. The second-order valence-electron chi connectivity index (χ2n) is 12.5. The van der Waals surface area contributed by atoms with Crippen molar-refractivity contribution in [2.24, 2.45) is 23.5 Å². The number of primary amides is 1. The van der Waals surface area contributed by atoms with Gasteiger partial charge in [0.1, 0.15) is 28.9 Å². The van der Waals surface area contributed by atoms with Gasteiger partial charge in [0.05, 0.1) is 18.2 Å². The van der Waals surface area contributed by atoms with Crippen LogP contribution in [0.2, 0.25) is 0 Å². The molecule has 12 nitrogen and oxygen atoms in total. The number of ketones is 2. The Balaban J connectivity index is 1.58. The molecular formula is C31H40N4O8. The molecule has 1 amide bonds. The van der Waals surface area contributed by atoms with Crippen LogP contribution in [0.3, 0.4) is 0 Å². The van der Waals surface area contributed by atoms with Crippen LogP contribution in [-0.2, 0) is 33.9 Å². The molecule has 6 atom stereocenters. The number of aryl methyl sites for hydroxylation is 2. The first-order chi connectivity index (χ1) is 20.1. The molecule has 0 saturated heterocycles. The number of aromatic hydroxyl groups is 1. The summed E-state index contributed by atoms with van der Waals surface area (Å²) in [5.74, 6) is -6.04. The van der Waals surface area contributed by atoms with E-state index in [1.54, 1.807) is 19.0 Å². The van der Waals surface area contributed by atoms with Gasteiger partial charge in [-0.3, -0.25) is 14.4 Å². The molecule has 3 aliphatic rings. The zero-order chi connectivity index (χ0) is 31.7. The number of nitrogens with two attached hydrogens (primary N) is 1. The van der Waals surface area contributed by atoms with Crippen LogP contribution < -0.4 is 16.0 Å². The van der Waals surface area contributed by atoms with Gasteiger partial charge in [-0.15, -0.1) is 0 Å². The van der Waals surface area contributed by atoms with Gasteiger partial charge in [0.2, 0.25) is 11.7 Å². The lowest BCUT2D eigenvalue weighted by atomic mass is 9.54. The quantitative estimate of drug-likeness (QED) is 0.247. The Morgan fingerprint density at radius 2 is 1.81 bits per heavy atom. The lowest BCUT2D eigenvalue weighted by Gasteiger charge is -2.53. The first kappa shape index (κ1) is 30.7. The van der Waals surface area contributed by atoms with Crippen molar-refractivity contribution in [2.45, 2.75) is 57.5 Å². The third kappa shape index (κ3) is 4.64. The van der Waals surface area contributed by atoms with Crippen molar-refractivity contribution in [3.05, 3.63) is 51.5 Å². The number of nitrogens with one attached hydrogen (secondary N) is 1. The molecule has 2 fully saturated rings. The number of hydrogen-bond donors (Lipinski definition) is 6. The summed E-state index contributed by atoms with van der Waals surface area (Å²) in [6, 6.07) is 2.82. The maximum absolute atomic E-state index is 14.1. The van der Waals surface area contributed by atoms with Crippen LogP contribution in [0.1, 0.15) is 40.2 Å². The third-order valence-electron chi connectivity index (χ3n) is 9.46. The molecule has 1 heterocycles. The average molecular weight is 597 g/mol. The molecule has 1 aromatic carbocycles. The Bertz CT molecular complexity index is 1520. The van der Waals surface area contributed by atoms with E-state index in [-0.39, 0.29) is 36.3 Å². The highest BCUT2D eigenvalue weighted by molar-refractivity contribution is 6.25. The van der Waals surface area contributed by atoms with Gasteiger partial charge < -0.3 is 45.7 Å². The summed E-state index contributed by atoms with van der Waals surface area (Å²) in [4.78, 5) is 43.3. The van der Waals surface area contributed by atoms with E-state index in [1.807, 2.05) is 45.0 Å². The van der Waals surface area contributed by atoms with Crippen molar-refractivity contribution >= 4 is 28.9 Å². The first-order valence-corrected chi connectivity index (χ1v) is 14.3.